The molecule has 1 rings (SSSR count). The number of carbonyl (C=O) groups is 1. The Labute approximate surface area is 173 Å². The Kier molecular flexibility index (Phi) is 7.94. The normalized spacial score (nSPS) is 14.0. The van der Waals surface area contributed by atoms with Gasteiger partial charge in [0.25, 0.3) is 0 Å². The van der Waals surface area contributed by atoms with Crippen LogP contribution in [0.4, 0.5) is 4.79 Å². The summed E-state index contributed by atoms with van der Waals surface area (Å²) in [6.07, 6.45) is 0.338. The van der Waals surface area contributed by atoms with Gasteiger partial charge in [-0.2, -0.15) is 0 Å². The first-order valence-corrected chi connectivity index (χ1v) is 13.1. The fourth-order valence-electron chi connectivity index (χ4n) is 2.93. The van der Waals surface area contributed by atoms with Crippen molar-refractivity contribution in [3.05, 3.63) is 34.4 Å². The highest BCUT2D eigenvalue weighted by molar-refractivity contribution is 6.74. The summed E-state index contributed by atoms with van der Waals surface area (Å²) in [7, 11) is -1.91. The van der Waals surface area contributed by atoms with Gasteiger partial charge in [0, 0.05) is 0 Å². The number of aryl methyl sites for hydroxylation is 3. The van der Waals surface area contributed by atoms with Crippen molar-refractivity contribution in [3.63, 3.8) is 0 Å². The molecular formula is C23H41NO3Si. The van der Waals surface area contributed by atoms with E-state index in [1.807, 2.05) is 20.8 Å². The predicted molar refractivity (Wildman–Crippen MR) is 121 cm³/mol. The average Bonchev–Trinajstić information content (AvgIpc) is 2.44. The highest BCUT2D eigenvalue weighted by atomic mass is 28.4. The monoisotopic (exact) mass is 407 g/mol. The third kappa shape index (κ3) is 7.59. The molecule has 0 aliphatic carbocycles. The smallest absolute Gasteiger partial charge is 0.407 e. The molecule has 0 spiro atoms. The summed E-state index contributed by atoms with van der Waals surface area (Å²) in [4.78, 5) is 12.4. The van der Waals surface area contributed by atoms with E-state index in [4.69, 9.17) is 9.16 Å². The van der Waals surface area contributed by atoms with Crippen LogP contribution in [0.15, 0.2) is 12.1 Å². The second-order valence-corrected chi connectivity index (χ2v) is 15.3. The fourth-order valence-corrected chi connectivity index (χ4v) is 3.98. The van der Waals surface area contributed by atoms with Crippen molar-refractivity contribution in [2.45, 2.75) is 98.5 Å². The standard InChI is InChI=1S/C23H41NO3Si/c1-16-12-17(2)20(18(3)13-16)14-19(24-21(25)27-22(4,5)6)15-26-28(10,11)23(7,8)9/h12-13,19H,14-15H2,1-11H3,(H,24,25)/t19-/m0/s1. The van der Waals surface area contributed by atoms with E-state index in [0.29, 0.717) is 6.61 Å². The Morgan fingerprint density at radius 3 is 1.96 bits per heavy atom. The van der Waals surface area contributed by atoms with Crippen molar-refractivity contribution >= 4 is 14.4 Å². The van der Waals surface area contributed by atoms with Crippen LogP contribution in [0.1, 0.15) is 63.8 Å². The van der Waals surface area contributed by atoms with Gasteiger partial charge in [-0.1, -0.05) is 38.5 Å². The van der Waals surface area contributed by atoms with Crippen LogP contribution >= 0.6 is 0 Å². The number of carbonyl (C=O) groups excluding carboxylic acids is 1. The van der Waals surface area contributed by atoms with Crippen molar-refractivity contribution in [1.82, 2.24) is 5.32 Å². The van der Waals surface area contributed by atoms with E-state index in [1.165, 1.54) is 22.3 Å². The summed E-state index contributed by atoms with van der Waals surface area (Å²) in [5.74, 6) is 0. The van der Waals surface area contributed by atoms with Crippen molar-refractivity contribution in [3.8, 4) is 0 Å². The summed E-state index contributed by atoms with van der Waals surface area (Å²) < 4.78 is 11.9. The highest BCUT2D eigenvalue weighted by Gasteiger charge is 2.38. The van der Waals surface area contributed by atoms with Gasteiger partial charge in [0.1, 0.15) is 5.60 Å². The van der Waals surface area contributed by atoms with Gasteiger partial charge in [-0.15, -0.1) is 0 Å². The molecule has 1 amide bonds. The number of nitrogens with one attached hydrogen (secondary N) is 1. The third-order valence-corrected chi connectivity index (χ3v) is 9.96. The number of hydrogen-bond donors (Lipinski definition) is 1. The lowest BCUT2D eigenvalue weighted by Gasteiger charge is -2.37. The number of ether oxygens (including phenoxy) is 1. The SMILES string of the molecule is Cc1cc(C)c(C[C@@H](CO[Si](C)(C)C(C)(C)C)NC(=O)OC(C)(C)C)c(C)c1. The highest BCUT2D eigenvalue weighted by Crippen LogP contribution is 2.36. The minimum absolute atomic E-state index is 0.124. The molecule has 1 aromatic rings. The van der Waals surface area contributed by atoms with Crippen LogP contribution in [0.25, 0.3) is 0 Å². The van der Waals surface area contributed by atoms with Crippen molar-refractivity contribution in [2.75, 3.05) is 6.61 Å². The first-order valence-electron chi connectivity index (χ1n) is 10.2. The molecule has 160 valence electrons. The zero-order valence-electron chi connectivity index (χ0n) is 19.9. The van der Waals surface area contributed by atoms with Crippen molar-refractivity contribution in [1.29, 1.82) is 0 Å². The summed E-state index contributed by atoms with van der Waals surface area (Å²) >= 11 is 0. The molecular weight excluding hydrogens is 366 g/mol. The molecule has 0 aromatic heterocycles. The van der Waals surface area contributed by atoms with Gasteiger partial charge >= 0.3 is 6.09 Å². The Hall–Kier alpha value is -1.33. The van der Waals surface area contributed by atoms with Gasteiger partial charge in [-0.25, -0.2) is 4.79 Å². The maximum absolute atomic E-state index is 12.4. The number of benzene rings is 1. The van der Waals surface area contributed by atoms with E-state index < -0.39 is 20.0 Å². The number of alkyl carbamates (subject to hydrolysis) is 1. The van der Waals surface area contributed by atoms with Crippen LogP contribution in [0.2, 0.25) is 18.1 Å². The van der Waals surface area contributed by atoms with Gasteiger partial charge in [0.05, 0.1) is 12.6 Å². The quantitative estimate of drug-likeness (QED) is 0.582. The third-order valence-electron chi connectivity index (χ3n) is 5.46. The Morgan fingerprint density at radius 2 is 1.54 bits per heavy atom. The lowest BCUT2D eigenvalue weighted by molar-refractivity contribution is 0.0485. The van der Waals surface area contributed by atoms with Crippen LogP contribution in [-0.4, -0.2) is 32.7 Å². The Morgan fingerprint density at radius 1 is 1.04 bits per heavy atom. The molecule has 5 heteroatoms. The molecule has 0 saturated heterocycles. The number of amides is 1. The van der Waals surface area contributed by atoms with Gasteiger partial charge in [-0.05, 0) is 82.8 Å². The van der Waals surface area contributed by atoms with E-state index in [1.54, 1.807) is 0 Å². The molecule has 1 N–H and O–H groups in total. The number of rotatable bonds is 6. The predicted octanol–water partition coefficient (Wildman–Crippen LogP) is 6.07. The lowest BCUT2D eigenvalue weighted by Crippen LogP contribution is -2.48. The molecule has 28 heavy (non-hydrogen) atoms. The minimum atomic E-state index is -1.91. The second kappa shape index (κ2) is 9.00. The van der Waals surface area contributed by atoms with Crippen molar-refractivity contribution in [2.24, 2.45) is 0 Å². The average molecular weight is 408 g/mol. The summed E-state index contributed by atoms with van der Waals surface area (Å²) in [5.41, 5.74) is 4.50. The van der Waals surface area contributed by atoms with Crippen LogP contribution in [0.5, 0.6) is 0 Å². The van der Waals surface area contributed by atoms with Crippen LogP contribution in [-0.2, 0) is 15.6 Å². The second-order valence-electron chi connectivity index (χ2n) is 10.5. The van der Waals surface area contributed by atoms with Gasteiger partial charge in [0.2, 0.25) is 0 Å². The zero-order chi connectivity index (χ0) is 21.9. The summed E-state index contributed by atoms with van der Waals surface area (Å²) in [6, 6.07) is 4.26. The molecule has 1 aromatic carbocycles. The van der Waals surface area contributed by atoms with Gasteiger partial charge in [0.15, 0.2) is 8.32 Å². The first-order chi connectivity index (χ1) is 12.5. The van der Waals surface area contributed by atoms with E-state index in [-0.39, 0.29) is 11.1 Å². The van der Waals surface area contributed by atoms with E-state index >= 15 is 0 Å². The van der Waals surface area contributed by atoms with Crippen molar-refractivity contribution < 1.29 is 14.0 Å². The lowest BCUT2D eigenvalue weighted by atomic mass is 9.94. The van der Waals surface area contributed by atoms with E-state index in [0.717, 1.165) is 6.42 Å². The maximum atomic E-state index is 12.4. The molecule has 0 aliphatic heterocycles. The molecule has 0 bridgehead atoms. The molecule has 0 aliphatic rings. The largest absolute Gasteiger partial charge is 0.444 e. The topological polar surface area (TPSA) is 47.6 Å². The minimum Gasteiger partial charge on any atom is -0.444 e. The van der Waals surface area contributed by atoms with E-state index in [9.17, 15) is 4.79 Å². The molecule has 0 radical (unpaired) electrons. The van der Waals surface area contributed by atoms with Gasteiger partial charge in [-0.3, -0.25) is 0 Å². The van der Waals surface area contributed by atoms with Crippen LogP contribution < -0.4 is 5.32 Å². The first kappa shape index (κ1) is 24.7. The van der Waals surface area contributed by atoms with E-state index in [2.05, 4.69) is 72.1 Å². The zero-order valence-corrected chi connectivity index (χ0v) is 20.9. The Bertz CT molecular complexity index is 661. The molecule has 0 saturated carbocycles. The molecule has 4 nitrogen and oxygen atoms in total. The Balaban J connectivity index is 3.03. The van der Waals surface area contributed by atoms with Crippen LogP contribution in [0.3, 0.4) is 0 Å². The van der Waals surface area contributed by atoms with Gasteiger partial charge < -0.3 is 14.5 Å². The molecule has 0 fully saturated rings. The summed E-state index contributed by atoms with van der Waals surface area (Å²) in [5, 5.41) is 3.18. The summed E-state index contributed by atoms with van der Waals surface area (Å²) in [6.45, 7) is 23.6. The molecule has 0 heterocycles. The molecule has 1 atom stereocenters. The fraction of sp³-hybridized carbons (Fsp3) is 0.696. The number of hydrogen-bond acceptors (Lipinski definition) is 3. The molecule has 0 unspecified atom stereocenters. The maximum Gasteiger partial charge on any atom is 0.407 e. The van der Waals surface area contributed by atoms with Crippen LogP contribution in [0, 0.1) is 20.8 Å².